The third-order valence-electron chi connectivity index (χ3n) is 4.72. The molecule has 3 heterocycles. The fourth-order valence-electron chi connectivity index (χ4n) is 3.34. The molecular formula is C20H21N3O3. The molecule has 0 spiro atoms. The Morgan fingerprint density at radius 2 is 2.12 bits per heavy atom. The fourth-order valence-corrected chi connectivity index (χ4v) is 3.34. The van der Waals surface area contributed by atoms with Crippen molar-refractivity contribution in [1.82, 2.24) is 10.3 Å². The molecule has 2 aliphatic rings. The largest absolute Gasteiger partial charge is 0.474 e. The molecule has 1 amide bonds. The second kappa shape index (κ2) is 7.25. The van der Waals surface area contributed by atoms with E-state index in [2.05, 4.69) is 10.3 Å². The molecule has 1 aromatic heterocycles. The Kier molecular flexibility index (Phi) is 4.67. The third-order valence-corrected chi connectivity index (χ3v) is 4.72. The molecule has 1 N–H and O–H groups in total. The van der Waals surface area contributed by atoms with Gasteiger partial charge in [0.05, 0.1) is 31.0 Å². The number of rotatable bonds is 4. The molecule has 0 saturated carbocycles. The van der Waals surface area contributed by atoms with Crippen molar-refractivity contribution in [2.75, 3.05) is 20.3 Å². The number of hydrogen-bond donors (Lipinski definition) is 1. The number of carbonyl (C=O) groups excluding carboxylic acids is 1. The van der Waals surface area contributed by atoms with Crippen LogP contribution in [0.2, 0.25) is 0 Å². The summed E-state index contributed by atoms with van der Waals surface area (Å²) in [6.45, 7) is 2.03. The average molecular weight is 351 g/mol. The highest BCUT2D eigenvalue weighted by Gasteiger charge is 2.26. The van der Waals surface area contributed by atoms with E-state index in [0.29, 0.717) is 18.0 Å². The van der Waals surface area contributed by atoms with Crippen molar-refractivity contribution in [3.8, 4) is 5.88 Å². The normalized spacial score (nSPS) is 16.7. The van der Waals surface area contributed by atoms with Crippen LogP contribution in [-0.2, 0) is 11.3 Å². The first kappa shape index (κ1) is 16.7. The van der Waals surface area contributed by atoms with Crippen molar-refractivity contribution in [2.24, 2.45) is 4.99 Å². The number of carbonyl (C=O) groups is 1. The number of benzene rings is 1. The fraction of sp³-hybridized carbons (Fsp3) is 0.350. The Labute approximate surface area is 152 Å². The number of hydrogen-bond acceptors (Lipinski definition) is 5. The van der Waals surface area contributed by atoms with E-state index in [0.717, 1.165) is 48.5 Å². The number of amides is 1. The zero-order chi connectivity index (χ0) is 17.9. The summed E-state index contributed by atoms with van der Waals surface area (Å²) in [4.78, 5) is 21.1. The molecule has 0 radical (unpaired) electrons. The standard InChI is InChI=1S/C20H21N3O3/c1-21-19(24)14-4-2-3-13(11-14)18-17-15(12-23-18)5-8-22-20(17)26-16-6-9-25-10-7-16/h2-5,8,11,16H,6-7,9-10,12H2,1H3,(H,21,24). The monoisotopic (exact) mass is 351 g/mol. The minimum absolute atomic E-state index is 0.113. The molecule has 0 unspecified atom stereocenters. The summed E-state index contributed by atoms with van der Waals surface area (Å²) in [6.07, 6.45) is 3.61. The van der Waals surface area contributed by atoms with Crippen molar-refractivity contribution in [1.29, 1.82) is 0 Å². The van der Waals surface area contributed by atoms with E-state index in [1.807, 2.05) is 24.3 Å². The molecule has 0 atom stereocenters. The van der Waals surface area contributed by atoms with Crippen LogP contribution in [-0.4, -0.2) is 43.0 Å². The van der Waals surface area contributed by atoms with Gasteiger partial charge in [-0.25, -0.2) is 4.98 Å². The summed E-state index contributed by atoms with van der Waals surface area (Å²) in [5.74, 6) is 0.506. The third kappa shape index (κ3) is 3.20. The molecule has 4 rings (SSSR count). The van der Waals surface area contributed by atoms with E-state index in [4.69, 9.17) is 14.5 Å². The molecule has 2 aliphatic heterocycles. The van der Waals surface area contributed by atoms with E-state index in [-0.39, 0.29) is 12.0 Å². The molecule has 1 aromatic carbocycles. The van der Waals surface area contributed by atoms with Gasteiger partial charge in [0, 0.05) is 37.2 Å². The van der Waals surface area contributed by atoms with E-state index < -0.39 is 0 Å². The maximum Gasteiger partial charge on any atom is 0.251 e. The van der Waals surface area contributed by atoms with Crippen LogP contribution in [0.25, 0.3) is 0 Å². The Morgan fingerprint density at radius 3 is 2.92 bits per heavy atom. The van der Waals surface area contributed by atoms with Crippen LogP contribution in [0.5, 0.6) is 5.88 Å². The van der Waals surface area contributed by atoms with Gasteiger partial charge in [0.1, 0.15) is 6.10 Å². The van der Waals surface area contributed by atoms with Gasteiger partial charge in [0.25, 0.3) is 5.91 Å². The number of aliphatic imine (C=N–C) groups is 1. The van der Waals surface area contributed by atoms with E-state index in [1.54, 1.807) is 19.3 Å². The quantitative estimate of drug-likeness (QED) is 0.918. The van der Waals surface area contributed by atoms with Crippen LogP contribution < -0.4 is 10.1 Å². The maximum absolute atomic E-state index is 12.0. The molecule has 0 bridgehead atoms. The summed E-state index contributed by atoms with van der Waals surface area (Å²) in [6, 6.07) is 9.46. The second-order valence-electron chi connectivity index (χ2n) is 6.40. The first-order valence-corrected chi connectivity index (χ1v) is 8.86. The van der Waals surface area contributed by atoms with Gasteiger partial charge in [0.15, 0.2) is 0 Å². The first-order valence-electron chi connectivity index (χ1n) is 8.86. The van der Waals surface area contributed by atoms with Crippen LogP contribution in [0.15, 0.2) is 41.5 Å². The predicted octanol–water partition coefficient (Wildman–Crippen LogP) is 2.35. The number of nitrogens with zero attached hydrogens (tertiary/aromatic N) is 2. The molecule has 26 heavy (non-hydrogen) atoms. The summed E-state index contributed by atoms with van der Waals surface area (Å²) in [5, 5.41) is 2.66. The lowest BCUT2D eigenvalue weighted by molar-refractivity contribution is 0.0236. The Bertz CT molecular complexity index is 857. The van der Waals surface area contributed by atoms with Gasteiger partial charge in [-0.1, -0.05) is 12.1 Å². The van der Waals surface area contributed by atoms with E-state index in [1.165, 1.54) is 0 Å². The van der Waals surface area contributed by atoms with Gasteiger partial charge >= 0.3 is 0 Å². The van der Waals surface area contributed by atoms with E-state index in [9.17, 15) is 4.79 Å². The van der Waals surface area contributed by atoms with Crippen molar-refractivity contribution >= 4 is 11.6 Å². The lowest BCUT2D eigenvalue weighted by Crippen LogP contribution is -2.27. The summed E-state index contributed by atoms with van der Waals surface area (Å²) < 4.78 is 11.6. The van der Waals surface area contributed by atoms with Crippen LogP contribution >= 0.6 is 0 Å². The van der Waals surface area contributed by atoms with Crippen molar-refractivity contribution in [3.63, 3.8) is 0 Å². The number of nitrogens with one attached hydrogen (secondary N) is 1. The molecule has 6 nitrogen and oxygen atoms in total. The first-order chi connectivity index (χ1) is 12.8. The average Bonchev–Trinajstić information content (AvgIpc) is 3.13. The SMILES string of the molecule is CNC(=O)c1cccc(C2=NCc3ccnc(OC4CCOCC4)c32)c1. The predicted molar refractivity (Wildman–Crippen MR) is 97.9 cm³/mol. The minimum atomic E-state index is -0.115. The number of fused-ring (bicyclic) bond motifs is 1. The van der Waals surface area contributed by atoms with Crippen molar-refractivity contribution in [2.45, 2.75) is 25.5 Å². The molecule has 6 heteroatoms. The van der Waals surface area contributed by atoms with Gasteiger partial charge < -0.3 is 14.8 Å². The minimum Gasteiger partial charge on any atom is -0.474 e. The Hall–Kier alpha value is -2.73. The lowest BCUT2D eigenvalue weighted by Gasteiger charge is -2.24. The highest BCUT2D eigenvalue weighted by molar-refractivity contribution is 6.17. The summed E-state index contributed by atoms with van der Waals surface area (Å²) in [5.41, 5.74) is 4.38. The highest BCUT2D eigenvalue weighted by atomic mass is 16.5. The molecular weight excluding hydrogens is 330 g/mol. The number of pyridine rings is 1. The van der Waals surface area contributed by atoms with Gasteiger partial charge in [-0.05, 0) is 23.8 Å². The van der Waals surface area contributed by atoms with Gasteiger partial charge in [0.2, 0.25) is 5.88 Å². The topological polar surface area (TPSA) is 72.8 Å². The molecule has 1 saturated heterocycles. The highest BCUT2D eigenvalue weighted by Crippen LogP contribution is 2.31. The number of aromatic nitrogens is 1. The summed E-state index contributed by atoms with van der Waals surface area (Å²) >= 11 is 0. The van der Waals surface area contributed by atoms with Crippen LogP contribution in [0.3, 0.4) is 0 Å². The van der Waals surface area contributed by atoms with Gasteiger partial charge in [-0.3, -0.25) is 9.79 Å². The zero-order valence-electron chi connectivity index (χ0n) is 14.7. The maximum atomic E-state index is 12.0. The van der Waals surface area contributed by atoms with E-state index >= 15 is 0 Å². The number of ether oxygens (including phenoxy) is 2. The van der Waals surface area contributed by atoms with Crippen LogP contribution in [0.4, 0.5) is 0 Å². The lowest BCUT2D eigenvalue weighted by atomic mass is 9.99. The smallest absolute Gasteiger partial charge is 0.251 e. The zero-order valence-corrected chi connectivity index (χ0v) is 14.7. The van der Waals surface area contributed by atoms with Gasteiger partial charge in [-0.2, -0.15) is 0 Å². The van der Waals surface area contributed by atoms with Crippen molar-refractivity contribution < 1.29 is 14.3 Å². The molecule has 1 fully saturated rings. The van der Waals surface area contributed by atoms with Crippen LogP contribution in [0.1, 0.15) is 39.9 Å². The Morgan fingerprint density at radius 1 is 1.27 bits per heavy atom. The second-order valence-corrected chi connectivity index (χ2v) is 6.40. The Balaban J connectivity index is 1.67. The molecule has 0 aliphatic carbocycles. The van der Waals surface area contributed by atoms with Crippen LogP contribution in [0, 0.1) is 0 Å². The van der Waals surface area contributed by atoms with Crippen molar-refractivity contribution in [3.05, 3.63) is 58.8 Å². The summed E-state index contributed by atoms with van der Waals surface area (Å²) in [7, 11) is 1.63. The molecule has 2 aromatic rings. The van der Waals surface area contributed by atoms with Gasteiger partial charge in [-0.15, -0.1) is 0 Å². The molecule has 134 valence electrons.